The molecule has 9 heteroatoms. The predicted octanol–water partition coefficient (Wildman–Crippen LogP) is 1.08. The van der Waals surface area contributed by atoms with E-state index in [-0.39, 0.29) is 11.6 Å². The lowest BCUT2D eigenvalue weighted by Crippen LogP contribution is -2.44. The van der Waals surface area contributed by atoms with Crippen LogP contribution in [0.15, 0.2) is 21.7 Å². The molecule has 3 N–H and O–H groups in total. The van der Waals surface area contributed by atoms with Gasteiger partial charge in [0, 0.05) is 37.6 Å². The first kappa shape index (κ1) is 19.9. The minimum Gasteiger partial charge on any atom is -0.492 e. The molecule has 9 nitrogen and oxygen atoms in total. The normalized spacial score (nSPS) is 21.9. The number of fused-ring (bicyclic) bond motifs is 1. The molecule has 164 valence electrons. The van der Waals surface area contributed by atoms with Crippen LogP contribution in [0.4, 0.5) is 5.69 Å². The van der Waals surface area contributed by atoms with Crippen molar-refractivity contribution in [1.29, 1.82) is 5.26 Å². The van der Waals surface area contributed by atoms with E-state index in [4.69, 9.17) is 15.8 Å². The Labute approximate surface area is 180 Å². The molecule has 3 aliphatic rings. The van der Waals surface area contributed by atoms with Crippen LogP contribution in [0.5, 0.6) is 5.75 Å². The van der Waals surface area contributed by atoms with Gasteiger partial charge in [0.1, 0.15) is 5.52 Å². The zero-order valence-electron chi connectivity index (χ0n) is 17.8. The summed E-state index contributed by atoms with van der Waals surface area (Å²) in [6, 6.07) is 5.94. The minimum absolute atomic E-state index is 0.0555. The van der Waals surface area contributed by atoms with Gasteiger partial charge in [0.2, 0.25) is 0 Å². The molecule has 2 aliphatic carbocycles. The number of benzene rings is 1. The molecule has 3 fully saturated rings. The van der Waals surface area contributed by atoms with Gasteiger partial charge in [-0.1, -0.05) is 0 Å². The Balaban J connectivity index is 1.52. The van der Waals surface area contributed by atoms with Crippen LogP contribution >= 0.6 is 0 Å². The van der Waals surface area contributed by atoms with Crippen LogP contribution in [0.2, 0.25) is 0 Å². The highest BCUT2D eigenvalue weighted by Gasteiger charge is 2.50. The fraction of sp³-hybridized carbons (Fsp3) is 0.591. The van der Waals surface area contributed by atoms with Crippen LogP contribution < -0.4 is 32.0 Å². The molecule has 0 amide bonds. The number of nitrogens with two attached hydrogens (primary N) is 1. The maximum atomic E-state index is 12.8. The van der Waals surface area contributed by atoms with Crippen molar-refractivity contribution in [1.82, 2.24) is 14.6 Å². The molecule has 2 saturated carbocycles. The molecule has 0 spiro atoms. The third kappa shape index (κ3) is 3.17. The van der Waals surface area contributed by atoms with Crippen molar-refractivity contribution in [3.8, 4) is 11.8 Å². The highest BCUT2D eigenvalue weighted by molar-refractivity contribution is 5.90. The number of nitrogens with zero attached hydrogens (tertiary/aromatic N) is 4. The minimum atomic E-state index is -0.500. The largest absolute Gasteiger partial charge is 0.492 e. The van der Waals surface area contributed by atoms with E-state index < -0.39 is 11.2 Å². The van der Waals surface area contributed by atoms with Gasteiger partial charge in [-0.15, -0.1) is 0 Å². The van der Waals surface area contributed by atoms with Crippen molar-refractivity contribution in [3.63, 3.8) is 0 Å². The van der Waals surface area contributed by atoms with Gasteiger partial charge in [-0.3, -0.25) is 9.36 Å². The van der Waals surface area contributed by atoms with Crippen molar-refractivity contribution < 1.29 is 4.74 Å². The van der Waals surface area contributed by atoms with E-state index in [1.807, 2.05) is 6.07 Å². The van der Waals surface area contributed by atoms with E-state index in [2.05, 4.69) is 16.3 Å². The number of nitrogens with one attached hydrogen (secondary N) is 1. The number of nitriles is 1. The van der Waals surface area contributed by atoms with Crippen molar-refractivity contribution >= 4 is 16.6 Å². The predicted molar refractivity (Wildman–Crippen MR) is 118 cm³/mol. The third-order valence-electron chi connectivity index (χ3n) is 7.14. The fourth-order valence-electron chi connectivity index (χ4n) is 5.18. The summed E-state index contributed by atoms with van der Waals surface area (Å²) in [4.78, 5) is 27.8. The van der Waals surface area contributed by atoms with Gasteiger partial charge >= 0.3 is 5.69 Å². The molecule has 1 aromatic carbocycles. The number of hydrogen-bond donors (Lipinski definition) is 2. The second-order valence-electron chi connectivity index (χ2n) is 9.00. The SMILES string of the molecule is COc1c(N2CCC(C3(NCCC#N)CC3)C2)ccc2c(=O)n(N)c(=O)n(C3CC3)c12. The Hall–Kier alpha value is -2.99. The molecule has 1 atom stereocenters. The van der Waals surface area contributed by atoms with Crippen molar-refractivity contribution in [2.75, 3.05) is 37.5 Å². The number of hydrogen-bond acceptors (Lipinski definition) is 7. The second kappa shape index (κ2) is 7.31. The standard InChI is InChI=1S/C22H28N6O3/c1-31-19-17(26-12-7-14(13-26)22(8-9-22)25-11-2-10-23)6-5-16-18(19)27(15-3-4-15)21(30)28(24)20(16)29/h5-6,14-15,25H,2-4,7-9,11-13,24H2,1H3. The zero-order chi connectivity index (χ0) is 21.8. The zero-order valence-corrected chi connectivity index (χ0v) is 17.8. The smallest absolute Gasteiger partial charge is 0.350 e. The van der Waals surface area contributed by atoms with Crippen LogP contribution in [0.25, 0.3) is 10.9 Å². The van der Waals surface area contributed by atoms with Gasteiger partial charge in [-0.25, -0.2) is 4.79 Å². The van der Waals surface area contributed by atoms with E-state index in [1.54, 1.807) is 17.7 Å². The first-order chi connectivity index (χ1) is 15.0. The lowest BCUT2D eigenvalue weighted by Gasteiger charge is -2.27. The summed E-state index contributed by atoms with van der Waals surface area (Å²) in [5.74, 6) is 6.85. The number of rotatable bonds is 7. The van der Waals surface area contributed by atoms with Crippen LogP contribution in [0, 0.1) is 17.2 Å². The molecule has 1 saturated heterocycles. The summed E-state index contributed by atoms with van der Waals surface area (Å²) in [6.07, 6.45) is 5.65. The van der Waals surface area contributed by atoms with Gasteiger partial charge in [-0.05, 0) is 50.2 Å². The Kier molecular flexibility index (Phi) is 4.70. The van der Waals surface area contributed by atoms with Gasteiger partial charge in [0.15, 0.2) is 5.75 Å². The summed E-state index contributed by atoms with van der Waals surface area (Å²) in [5, 5.41) is 12.9. The highest BCUT2D eigenvalue weighted by atomic mass is 16.5. The third-order valence-corrected chi connectivity index (χ3v) is 7.14. The van der Waals surface area contributed by atoms with Crippen LogP contribution in [-0.2, 0) is 0 Å². The Bertz CT molecular complexity index is 1180. The van der Waals surface area contributed by atoms with Gasteiger partial charge in [-0.2, -0.15) is 9.94 Å². The van der Waals surface area contributed by atoms with E-state index in [1.165, 1.54) is 0 Å². The quantitative estimate of drug-likeness (QED) is 0.504. The van der Waals surface area contributed by atoms with Crippen LogP contribution in [0.1, 0.15) is 44.6 Å². The molecule has 2 aromatic rings. The lowest BCUT2D eigenvalue weighted by atomic mass is 9.96. The molecule has 1 unspecified atom stereocenters. The molecular formula is C22H28N6O3. The maximum Gasteiger partial charge on any atom is 0.350 e. The van der Waals surface area contributed by atoms with E-state index in [0.29, 0.717) is 33.7 Å². The van der Waals surface area contributed by atoms with E-state index in [9.17, 15) is 9.59 Å². The van der Waals surface area contributed by atoms with Crippen molar-refractivity contribution in [2.45, 2.75) is 50.1 Å². The fourth-order valence-corrected chi connectivity index (χ4v) is 5.18. The second-order valence-corrected chi connectivity index (χ2v) is 9.00. The van der Waals surface area contributed by atoms with E-state index in [0.717, 1.165) is 57.4 Å². The number of nitrogen functional groups attached to an aromatic ring is 1. The number of anilines is 1. The van der Waals surface area contributed by atoms with Crippen molar-refractivity contribution in [2.24, 2.45) is 5.92 Å². The summed E-state index contributed by atoms with van der Waals surface area (Å²) in [7, 11) is 1.59. The summed E-state index contributed by atoms with van der Waals surface area (Å²) in [6.45, 7) is 2.49. The molecule has 0 radical (unpaired) electrons. The number of aromatic nitrogens is 2. The number of ether oxygens (including phenoxy) is 1. The Morgan fingerprint density at radius 2 is 2.06 bits per heavy atom. The Morgan fingerprint density at radius 1 is 1.29 bits per heavy atom. The first-order valence-electron chi connectivity index (χ1n) is 11.0. The van der Waals surface area contributed by atoms with Gasteiger partial charge < -0.3 is 20.8 Å². The topological polar surface area (TPSA) is 118 Å². The maximum absolute atomic E-state index is 12.8. The van der Waals surface area contributed by atoms with Gasteiger partial charge in [0.05, 0.1) is 24.3 Å². The Morgan fingerprint density at radius 3 is 2.71 bits per heavy atom. The summed E-state index contributed by atoms with van der Waals surface area (Å²) < 4.78 is 8.15. The molecule has 0 bridgehead atoms. The average molecular weight is 425 g/mol. The highest BCUT2D eigenvalue weighted by Crippen LogP contribution is 2.48. The number of methoxy groups -OCH3 is 1. The molecule has 5 rings (SSSR count). The summed E-state index contributed by atoms with van der Waals surface area (Å²) >= 11 is 0. The molecule has 1 aliphatic heterocycles. The monoisotopic (exact) mass is 424 g/mol. The van der Waals surface area contributed by atoms with Crippen molar-refractivity contribution in [3.05, 3.63) is 33.0 Å². The summed E-state index contributed by atoms with van der Waals surface area (Å²) in [5.41, 5.74) is 0.608. The molecular weight excluding hydrogens is 396 g/mol. The van der Waals surface area contributed by atoms with E-state index >= 15 is 0 Å². The molecule has 1 aromatic heterocycles. The average Bonchev–Trinajstić information content (AvgIpc) is 3.71. The molecule has 2 heterocycles. The van der Waals surface area contributed by atoms with Crippen LogP contribution in [-0.4, -0.2) is 41.5 Å². The first-order valence-corrected chi connectivity index (χ1v) is 11.0. The lowest BCUT2D eigenvalue weighted by molar-refractivity contribution is 0.360. The molecule has 31 heavy (non-hydrogen) atoms. The van der Waals surface area contributed by atoms with Crippen LogP contribution in [0.3, 0.4) is 0 Å². The van der Waals surface area contributed by atoms with Gasteiger partial charge in [0.25, 0.3) is 5.56 Å².